The molecule has 3 aromatic rings. The Labute approximate surface area is 253 Å². The van der Waals surface area contributed by atoms with Crippen molar-refractivity contribution in [1.82, 2.24) is 14.2 Å². The first-order valence-corrected chi connectivity index (χ1v) is 16.9. The number of carbonyl (C=O) groups excluding carboxylic acids is 2. The van der Waals surface area contributed by atoms with Crippen molar-refractivity contribution in [1.29, 1.82) is 0 Å². The van der Waals surface area contributed by atoms with Gasteiger partial charge in [-0.25, -0.2) is 13.1 Å². The van der Waals surface area contributed by atoms with Crippen LogP contribution in [0.15, 0.2) is 53.4 Å². The fraction of sp³-hybridized carbons (Fsp3) is 0.515. The summed E-state index contributed by atoms with van der Waals surface area (Å²) in [5, 5.41) is 0.956. The second-order valence-corrected chi connectivity index (χ2v) is 14.0. The molecule has 0 radical (unpaired) electrons. The summed E-state index contributed by atoms with van der Waals surface area (Å²) in [5.41, 5.74) is 3.87. The van der Waals surface area contributed by atoms with E-state index in [4.69, 9.17) is 9.47 Å². The van der Waals surface area contributed by atoms with Gasteiger partial charge in [-0.1, -0.05) is 30.3 Å². The van der Waals surface area contributed by atoms with E-state index in [1.54, 1.807) is 12.1 Å². The predicted molar refractivity (Wildman–Crippen MR) is 164 cm³/mol. The van der Waals surface area contributed by atoms with Gasteiger partial charge in [-0.3, -0.25) is 9.59 Å². The summed E-state index contributed by atoms with van der Waals surface area (Å²) in [4.78, 5) is 27.1. The summed E-state index contributed by atoms with van der Waals surface area (Å²) in [6, 6.07) is 15.4. The number of rotatable bonds is 9. The summed E-state index contributed by atoms with van der Waals surface area (Å²) in [6.07, 6.45) is 6.00. The van der Waals surface area contributed by atoms with Gasteiger partial charge in [-0.2, -0.15) is 0 Å². The molecule has 1 aliphatic heterocycles. The Morgan fingerprint density at radius 1 is 1.00 bits per heavy atom. The van der Waals surface area contributed by atoms with Crippen molar-refractivity contribution < 1.29 is 27.5 Å². The molecule has 230 valence electrons. The first-order chi connectivity index (χ1) is 20.7. The smallest absolute Gasteiger partial charge is 0.305 e. The Hall–Kier alpha value is -3.21. The van der Waals surface area contributed by atoms with Crippen molar-refractivity contribution in [3.8, 4) is 11.3 Å². The highest BCUT2D eigenvalue weighted by atomic mass is 32.2. The maximum absolute atomic E-state index is 13.4. The molecule has 10 heteroatoms. The minimum atomic E-state index is -3.73. The number of amides is 1. The van der Waals surface area contributed by atoms with E-state index >= 15 is 0 Å². The third kappa shape index (κ3) is 6.51. The van der Waals surface area contributed by atoms with Gasteiger partial charge >= 0.3 is 5.97 Å². The van der Waals surface area contributed by atoms with Gasteiger partial charge in [0, 0.05) is 48.6 Å². The fourth-order valence-electron chi connectivity index (χ4n) is 6.69. The van der Waals surface area contributed by atoms with Crippen LogP contribution in [0.5, 0.6) is 0 Å². The summed E-state index contributed by atoms with van der Waals surface area (Å²) in [7, 11) is -0.398. The molecule has 0 spiro atoms. The lowest BCUT2D eigenvalue weighted by molar-refractivity contribution is -0.146. The van der Waals surface area contributed by atoms with E-state index in [2.05, 4.69) is 15.7 Å². The molecule has 1 aromatic heterocycles. The molecule has 2 heterocycles. The molecule has 3 aliphatic rings. The first kappa shape index (κ1) is 29.8. The van der Waals surface area contributed by atoms with E-state index in [1.165, 1.54) is 20.0 Å². The zero-order chi connectivity index (χ0) is 30.1. The van der Waals surface area contributed by atoms with Crippen molar-refractivity contribution in [2.24, 2.45) is 18.9 Å². The minimum absolute atomic E-state index is 0.0415. The quantitative estimate of drug-likeness (QED) is 0.361. The summed E-state index contributed by atoms with van der Waals surface area (Å²) in [6.45, 7) is 1.91. The van der Waals surface area contributed by atoms with Crippen LogP contribution in [0, 0.1) is 11.8 Å². The van der Waals surface area contributed by atoms with Gasteiger partial charge in [0.05, 0.1) is 31.3 Å². The van der Waals surface area contributed by atoms with Crippen LogP contribution in [0.4, 0.5) is 0 Å². The molecule has 0 bridgehead atoms. The van der Waals surface area contributed by atoms with Gasteiger partial charge in [0.25, 0.3) is 0 Å². The number of sulfonamides is 1. The van der Waals surface area contributed by atoms with Crippen LogP contribution in [0.2, 0.25) is 0 Å². The maximum Gasteiger partial charge on any atom is 0.305 e. The normalized spacial score (nSPS) is 22.9. The number of morpholine rings is 1. The summed E-state index contributed by atoms with van der Waals surface area (Å²) < 4.78 is 42.2. The Bertz CT molecular complexity index is 1590. The van der Waals surface area contributed by atoms with Crippen LogP contribution in [-0.4, -0.2) is 68.7 Å². The highest BCUT2D eigenvalue weighted by Crippen LogP contribution is 2.38. The molecule has 2 aromatic carbocycles. The number of aryl methyl sites for hydroxylation is 2. The number of benzene rings is 2. The molecule has 1 atom stereocenters. The third-order valence-corrected chi connectivity index (χ3v) is 11.0. The van der Waals surface area contributed by atoms with Crippen molar-refractivity contribution in [3.63, 3.8) is 0 Å². The average molecular weight is 608 g/mol. The average Bonchev–Trinajstić information content (AvgIpc) is 3.83. The van der Waals surface area contributed by atoms with Gasteiger partial charge in [-0.05, 0) is 80.2 Å². The van der Waals surface area contributed by atoms with Crippen molar-refractivity contribution in [2.75, 3.05) is 26.9 Å². The topological polar surface area (TPSA) is 107 Å². The van der Waals surface area contributed by atoms with Crippen molar-refractivity contribution in [2.45, 2.75) is 68.3 Å². The predicted octanol–water partition coefficient (Wildman–Crippen LogP) is 4.43. The van der Waals surface area contributed by atoms with Crippen LogP contribution < -0.4 is 4.72 Å². The zero-order valence-corrected chi connectivity index (χ0v) is 25.8. The van der Waals surface area contributed by atoms with E-state index in [-0.39, 0.29) is 34.8 Å². The number of hydrogen-bond donors (Lipinski definition) is 1. The second kappa shape index (κ2) is 12.4. The lowest BCUT2D eigenvalue weighted by Gasteiger charge is -2.39. The third-order valence-electron chi connectivity index (χ3n) is 9.44. The van der Waals surface area contributed by atoms with Crippen LogP contribution in [0.25, 0.3) is 22.2 Å². The molecule has 9 nitrogen and oxygen atoms in total. The van der Waals surface area contributed by atoms with E-state index in [9.17, 15) is 18.0 Å². The van der Waals surface area contributed by atoms with Gasteiger partial charge in [-0.15, -0.1) is 0 Å². The Kier molecular flexibility index (Phi) is 8.62. The monoisotopic (exact) mass is 607 g/mol. The molecule has 1 N–H and O–H groups in total. The van der Waals surface area contributed by atoms with Crippen molar-refractivity contribution >= 4 is 32.8 Å². The number of methoxy groups -OCH3 is 1. The molecule has 6 rings (SSSR count). The largest absolute Gasteiger partial charge is 0.469 e. The highest BCUT2D eigenvalue weighted by Gasteiger charge is 2.41. The van der Waals surface area contributed by atoms with Crippen LogP contribution in [0.3, 0.4) is 0 Å². The van der Waals surface area contributed by atoms with E-state index < -0.39 is 10.0 Å². The molecule has 1 saturated heterocycles. The van der Waals surface area contributed by atoms with E-state index in [1.807, 2.05) is 41.9 Å². The Balaban J connectivity index is 1.09. The molecule has 2 aliphatic carbocycles. The highest BCUT2D eigenvalue weighted by molar-refractivity contribution is 7.89. The summed E-state index contributed by atoms with van der Waals surface area (Å²) >= 11 is 0. The minimum Gasteiger partial charge on any atom is -0.469 e. The van der Waals surface area contributed by atoms with Crippen molar-refractivity contribution in [3.05, 3.63) is 54.1 Å². The molecular weight excluding hydrogens is 566 g/mol. The molecule has 2 saturated carbocycles. The number of carbonyl (C=O) groups is 2. The number of ether oxygens (including phenoxy) is 2. The number of nitrogens with one attached hydrogen (secondary N) is 1. The summed E-state index contributed by atoms with van der Waals surface area (Å²) in [5.74, 6) is 0.531. The first-order valence-electron chi connectivity index (χ1n) is 15.4. The number of nitrogens with zero attached hydrogens (tertiary/aromatic N) is 2. The molecule has 43 heavy (non-hydrogen) atoms. The van der Waals surface area contributed by atoms with Gasteiger partial charge in [0.1, 0.15) is 0 Å². The number of fused-ring (bicyclic) bond motifs is 1. The maximum atomic E-state index is 13.4. The Morgan fingerprint density at radius 3 is 2.44 bits per heavy atom. The Morgan fingerprint density at radius 2 is 1.74 bits per heavy atom. The lowest BCUT2D eigenvalue weighted by Crippen LogP contribution is -2.52. The van der Waals surface area contributed by atoms with Crippen LogP contribution >= 0.6 is 0 Å². The molecule has 0 unspecified atom stereocenters. The van der Waals surface area contributed by atoms with Crippen LogP contribution in [0.1, 0.15) is 50.5 Å². The van der Waals surface area contributed by atoms with Gasteiger partial charge < -0.3 is 18.9 Å². The molecule has 3 fully saturated rings. The second-order valence-electron chi connectivity index (χ2n) is 12.3. The van der Waals surface area contributed by atoms with E-state index in [0.29, 0.717) is 64.2 Å². The zero-order valence-electron chi connectivity index (χ0n) is 25.0. The standard InChI is InChI=1S/C33H41N3O6S/c1-35-29(23-6-3-22(4-7-23)5-16-32(37)41-2)19-26-12-15-28(20-30(26)35)43(39,40)34-27-13-10-25(11-14-27)33(38)36-17-18-42-21-31(36)24-8-9-24/h3-4,6-7,12,15,19-20,24-25,27,31,34H,5,8-11,13-14,16-18,21H2,1-2H3/t25?,27?,31-/m1/s1. The number of aromatic nitrogens is 1. The number of esters is 1. The number of hydrogen-bond acceptors (Lipinski definition) is 6. The van der Waals surface area contributed by atoms with Crippen LogP contribution in [-0.2, 0) is 42.6 Å². The van der Waals surface area contributed by atoms with Gasteiger partial charge in [0.2, 0.25) is 15.9 Å². The SMILES string of the molecule is COC(=O)CCc1ccc(-c2cc3ccc(S(=O)(=O)NC4CCC(C(=O)N5CCOC[C@@H]5C5CC5)CC4)cc3n2C)cc1. The molecule has 1 amide bonds. The van der Waals surface area contributed by atoms with Gasteiger partial charge in [0.15, 0.2) is 0 Å². The molecular formula is C33H41N3O6S. The lowest BCUT2D eigenvalue weighted by atomic mass is 9.85. The fourth-order valence-corrected chi connectivity index (χ4v) is 8.02. The van der Waals surface area contributed by atoms with E-state index in [0.717, 1.165) is 27.7 Å².